The summed E-state index contributed by atoms with van der Waals surface area (Å²) in [6.07, 6.45) is 6.67. The molecular weight excluding hydrogens is 298 g/mol. The molecule has 0 unspecified atom stereocenters. The number of urea groups is 1. The minimum atomic E-state index is -0.829. The summed E-state index contributed by atoms with van der Waals surface area (Å²) in [6, 6.07) is -0.481. The summed E-state index contributed by atoms with van der Waals surface area (Å²) < 4.78 is 1.56. The Bertz CT molecular complexity index is 655. The van der Waals surface area contributed by atoms with E-state index in [4.69, 9.17) is 0 Å². The number of hydrogen-bond donors (Lipinski definition) is 2. The fraction of sp³-hybridized carbons (Fsp3) is 0.600. The summed E-state index contributed by atoms with van der Waals surface area (Å²) in [7, 11) is 1.74. The Kier molecular flexibility index (Phi) is 3.83. The molecule has 1 saturated heterocycles. The Hall–Kier alpha value is -2.38. The highest BCUT2D eigenvalue weighted by Crippen LogP contribution is 2.38. The van der Waals surface area contributed by atoms with E-state index in [2.05, 4.69) is 15.7 Å². The maximum Gasteiger partial charge on any atom is 0.325 e. The van der Waals surface area contributed by atoms with Crippen LogP contribution in [0.25, 0.3) is 0 Å². The number of hydrogen-bond acceptors (Lipinski definition) is 4. The van der Waals surface area contributed by atoms with Gasteiger partial charge in [-0.2, -0.15) is 5.10 Å². The van der Waals surface area contributed by atoms with Crippen molar-refractivity contribution >= 4 is 23.5 Å². The summed E-state index contributed by atoms with van der Waals surface area (Å²) in [6.45, 7) is 1.70. The first-order valence-electron chi connectivity index (χ1n) is 7.85. The third kappa shape index (κ3) is 2.69. The topological polar surface area (TPSA) is 96.3 Å². The summed E-state index contributed by atoms with van der Waals surface area (Å²) in [5, 5.41) is 9.42. The van der Waals surface area contributed by atoms with Crippen LogP contribution in [0, 0.1) is 5.92 Å². The maximum absolute atomic E-state index is 12.7. The lowest BCUT2D eigenvalue weighted by Gasteiger charge is -2.36. The molecule has 0 aromatic carbocycles. The van der Waals surface area contributed by atoms with Crippen molar-refractivity contribution in [2.75, 3.05) is 11.9 Å². The number of nitrogens with zero attached hydrogens (tertiary/aromatic N) is 3. The summed E-state index contributed by atoms with van der Waals surface area (Å²) in [5.41, 5.74) is -0.297. The molecule has 2 N–H and O–H groups in total. The first-order chi connectivity index (χ1) is 10.9. The molecule has 0 bridgehead atoms. The van der Waals surface area contributed by atoms with E-state index >= 15 is 0 Å². The van der Waals surface area contributed by atoms with Crippen molar-refractivity contribution in [2.45, 2.75) is 38.1 Å². The average Bonchev–Trinajstić information content (AvgIpc) is 3.00. The zero-order chi connectivity index (χ0) is 16.6. The molecule has 8 heteroatoms. The van der Waals surface area contributed by atoms with Gasteiger partial charge in [0.2, 0.25) is 5.91 Å². The highest BCUT2D eigenvalue weighted by Gasteiger charge is 2.55. The van der Waals surface area contributed by atoms with Gasteiger partial charge in [0.1, 0.15) is 12.1 Å². The van der Waals surface area contributed by atoms with Crippen LogP contribution in [0.4, 0.5) is 10.5 Å². The Morgan fingerprint density at radius 1 is 1.48 bits per heavy atom. The molecule has 1 aliphatic carbocycles. The molecule has 0 radical (unpaired) electrons. The van der Waals surface area contributed by atoms with Gasteiger partial charge in [0.15, 0.2) is 0 Å². The second kappa shape index (κ2) is 5.68. The molecule has 1 saturated carbocycles. The number of carbonyl (C=O) groups excluding carboxylic acids is 3. The summed E-state index contributed by atoms with van der Waals surface area (Å²) in [4.78, 5) is 38.1. The van der Waals surface area contributed by atoms with Crippen LogP contribution < -0.4 is 10.6 Å². The molecule has 8 nitrogen and oxygen atoms in total. The monoisotopic (exact) mass is 319 g/mol. The van der Waals surface area contributed by atoms with Crippen LogP contribution in [0.3, 0.4) is 0 Å². The number of anilines is 1. The highest BCUT2D eigenvalue weighted by molar-refractivity contribution is 6.10. The summed E-state index contributed by atoms with van der Waals surface area (Å²) >= 11 is 0. The van der Waals surface area contributed by atoms with Gasteiger partial charge in [-0.05, 0) is 18.8 Å². The fourth-order valence-electron chi connectivity index (χ4n) is 3.47. The number of amides is 4. The van der Waals surface area contributed by atoms with Crippen LogP contribution in [0.15, 0.2) is 12.4 Å². The van der Waals surface area contributed by atoms with Crippen LogP contribution >= 0.6 is 0 Å². The molecule has 1 aromatic heterocycles. The van der Waals surface area contributed by atoms with Crippen LogP contribution in [0.5, 0.6) is 0 Å². The number of nitrogens with one attached hydrogen (secondary N) is 2. The van der Waals surface area contributed by atoms with E-state index in [9.17, 15) is 14.4 Å². The molecule has 3 rings (SSSR count). The highest BCUT2D eigenvalue weighted by atomic mass is 16.2. The van der Waals surface area contributed by atoms with E-state index in [1.165, 1.54) is 6.20 Å². The molecule has 1 aromatic rings. The predicted octanol–water partition coefficient (Wildman–Crippen LogP) is 0.859. The Balaban J connectivity index is 1.69. The van der Waals surface area contributed by atoms with Crippen molar-refractivity contribution in [3.05, 3.63) is 12.4 Å². The van der Waals surface area contributed by atoms with Crippen LogP contribution in [-0.4, -0.2) is 44.6 Å². The van der Waals surface area contributed by atoms with Crippen molar-refractivity contribution in [1.82, 2.24) is 20.0 Å². The summed E-state index contributed by atoms with van der Waals surface area (Å²) in [5.74, 6) is -0.614. The minimum absolute atomic E-state index is 0.0825. The zero-order valence-electron chi connectivity index (χ0n) is 13.3. The second-order valence-electron chi connectivity index (χ2n) is 6.39. The Labute approximate surface area is 134 Å². The van der Waals surface area contributed by atoms with Gasteiger partial charge in [-0.15, -0.1) is 0 Å². The van der Waals surface area contributed by atoms with Gasteiger partial charge >= 0.3 is 6.03 Å². The van der Waals surface area contributed by atoms with Crippen molar-refractivity contribution in [3.63, 3.8) is 0 Å². The number of aromatic nitrogens is 2. The fourth-order valence-corrected chi connectivity index (χ4v) is 3.47. The molecule has 23 heavy (non-hydrogen) atoms. The molecule has 4 amide bonds. The molecular formula is C15H21N5O3. The third-order valence-corrected chi connectivity index (χ3v) is 4.79. The predicted molar refractivity (Wildman–Crippen MR) is 82.4 cm³/mol. The normalized spacial score (nSPS) is 27.4. The largest absolute Gasteiger partial charge is 0.325 e. The van der Waals surface area contributed by atoms with Crippen molar-refractivity contribution in [3.8, 4) is 0 Å². The van der Waals surface area contributed by atoms with E-state index in [-0.39, 0.29) is 18.4 Å². The molecule has 1 aliphatic heterocycles. The lowest BCUT2D eigenvalue weighted by Crippen LogP contribution is -2.54. The number of rotatable bonds is 3. The minimum Gasteiger partial charge on any atom is -0.323 e. The molecule has 2 atom stereocenters. The van der Waals surface area contributed by atoms with E-state index in [1.54, 1.807) is 17.9 Å². The van der Waals surface area contributed by atoms with Crippen LogP contribution in [0.2, 0.25) is 0 Å². The Morgan fingerprint density at radius 3 is 2.91 bits per heavy atom. The standard InChI is InChI=1S/C15H21N5O3/c1-10-5-3-4-6-15(10)13(22)20(14(23)18-15)9-12(21)17-11-7-16-19(2)8-11/h7-8,10H,3-6,9H2,1-2H3,(H,17,21)(H,18,23)/t10-,15+/m0/s1. The van der Waals surface area contributed by atoms with E-state index in [0.29, 0.717) is 12.1 Å². The van der Waals surface area contributed by atoms with Crippen LogP contribution in [0.1, 0.15) is 32.6 Å². The van der Waals surface area contributed by atoms with Gasteiger partial charge in [0, 0.05) is 13.2 Å². The van der Waals surface area contributed by atoms with E-state index in [1.807, 2.05) is 6.92 Å². The zero-order valence-corrected chi connectivity index (χ0v) is 13.3. The van der Waals surface area contributed by atoms with Gasteiger partial charge in [0.05, 0.1) is 11.9 Å². The molecule has 2 heterocycles. The smallest absolute Gasteiger partial charge is 0.323 e. The van der Waals surface area contributed by atoms with Gasteiger partial charge in [-0.1, -0.05) is 19.8 Å². The van der Waals surface area contributed by atoms with Gasteiger partial charge in [0.25, 0.3) is 5.91 Å². The quantitative estimate of drug-likeness (QED) is 0.808. The lowest BCUT2D eigenvalue weighted by atomic mass is 9.73. The second-order valence-corrected chi connectivity index (χ2v) is 6.39. The van der Waals surface area contributed by atoms with Gasteiger partial charge in [-0.25, -0.2) is 4.79 Å². The van der Waals surface area contributed by atoms with E-state index in [0.717, 1.165) is 24.2 Å². The van der Waals surface area contributed by atoms with Crippen molar-refractivity contribution < 1.29 is 14.4 Å². The maximum atomic E-state index is 12.7. The van der Waals surface area contributed by atoms with Crippen molar-refractivity contribution in [1.29, 1.82) is 0 Å². The first kappa shape index (κ1) is 15.5. The first-order valence-corrected chi connectivity index (χ1v) is 7.85. The number of imide groups is 1. The Morgan fingerprint density at radius 2 is 2.26 bits per heavy atom. The number of aryl methyl sites for hydroxylation is 1. The number of carbonyl (C=O) groups is 3. The average molecular weight is 319 g/mol. The lowest BCUT2D eigenvalue weighted by molar-refractivity contribution is -0.136. The van der Waals surface area contributed by atoms with Crippen molar-refractivity contribution in [2.24, 2.45) is 13.0 Å². The van der Waals surface area contributed by atoms with E-state index < -0.39 is 17.5 Å². The molecule has 1 spiro atoms. The molecule has 2 aliphatic rings. The van der Waals surface area contributed by atoms with Gasteiger partial charge in [-0.3, -0.25) is 19.2 Å². The van der Waals surface area contributed by atoms with Crippen LogP contribution in [-0.2, 0) is 16.6 Å². The molecule has 124 valence electrons. The van der Waals surface area contributed by atoms with Gasteiger partial charge < -0.3 is 10.6 Å². The SMILES string of the molecule is C[C@H]1CCCC[C@@]12NC(=O)N(CC(=O)Nc1cnn(C)c1)C2=O. The molecule has 2 fully saturated rings. The third-order valence-electron chi connectivity index (χ3n) is 4.79.